The van der Waals surface area contributed by atoms with E-state index in [9.17, 15) is 0 Å². The molecule has 0 bridgehead atoms. The van der Waals surface area contributed by atoms with Gasteiger partial charge in [0.2, 0.25) is 0 Å². The van der Waals surface area contributed by atoms with Crippen LogP contribution in [-0.4, -0.2) is 5.16 Å². The first kappa shape index (κ1) is 10.7. The van der Waals surface area contributed by atoms with Crippen LogP contribution in [0.5, 0.6) is 0 Å². The molecule has 0 radical (unpaired) electrons. The average Bonchev–Trinajstić information content (AvgIpc) is 2.63. The summed E-state index contributed by atoms with van der Waals surface area (Å²) in [6.45, 7) is 4.18. The lowest BCUT2D eigenvalue weighted by Gasteiger charge is -2.01. The van der Waals surface area contributed by atoms with E-state index in [0.29, 0.717) is 5.82 Å². The van der Waals surface area contributed by atoms with Crippen molar-refractivity contribution in [3.8, 4) is 11.3 Å². The standard InChI is InChI=1S/C13H16N2O/c1-3-4-11-12(16-15-13(11)14)10-7-5-9(2)6-8-10/h5-8H,3-4H2,1-2H3,(H2,14,15). The molecule has 0 atom stereocenters. The second kappa shape index (κ2) is 4.39. The molecule has 0 unspecified atom stereocenters. The van der Waals surface area contributed by atoms with Crippen LogP contribution in [0.1, 0.15) is 24.5 Å². The summed E-state index contributed by atoms with van der Waals surface area (Å²) in [6.07, 6.45) is 1.93. The van der Waals surface area contributed by atoms with E-state index < -0.39 is 0 Å². The van der Waals surface area contributed by atoms with Gasteiger partial charge in [-0.05, 0) is 13.3 Å². The summed E-state index contributed by atoms with van der Waals surface area (Å²) < 4.78 is 5.30. The molecule has 0 amide bonds. The molecule has 1 aromatic heterocycles. The number of rotatable bonds is 3. The summed E-state index contributed by atoms with van der Waals surface area (Å²) in [5.41, 5.74) is 9.08. The van der Waals surface area contributed by atoms with Gasteiger partial charge >= 0.3 is 0 Å². The molecule has 3 nitrogen and oxygen atoms in total. The molecular weight excluding hydrogens is 200 g/mol. The van der Waals surface area contributed by atoms with Crippen molar-refractivity contribution in [1.82, 2.24) is 5.16 Å². The van der Waals surface area contributed by atoms with Gasteiger partial charge in [-0.15, -0.1) is 0 Å². The maximum absolute atomic E-state index is 5.79. The molecule has 0 saturated heterocycles. The molecular formula is C13H16N2O. The minimum absolute atomic E-state index is 0.512. The molecule has 0 spiro atoms. The number of aryl methyl sites for hydroxylation is 1. The second-order valence-electron chi connectivity index (χ2n) is 3.99. The van der Waals surface area contributed by atoms with Crippen LogP contribution in [0.4, 0.5) is 5.82 Å². The Hall–Kier alpha value is -1.77. The third-order valence-electron chi connectivity index (χ3n) is 2.63. The van der Waals surface area contributed by atoms with Gasteiger partial charge in [-0.2, -0.15) is 0 Å². The predicted octanol–water partition coefficient (Wildman–Crippen LogP) is 3.18. The Morgan fingerprint density at radius 3 is 2.56 bits per heavy atom. The van der Waals surface area contributed by atoms with Gasteiger partial charge in [-0.1, -0.05) is 48.3 Å². The molecule has 2 rings (SSSR count). The molecule has 0 aliphatic heterocycles. The normalized spacial score (nSPS) is 10.6. The van der Waals surface area contributed by atoms with Crippen molar-refractivity contribution in [2.24, 2.45) is 0 Å². The van der Waals surface area contributed by atoms with E-state index in [1.807, 2.05) is 12.1 Å². The Bertz CT molecular complexity index is 471. The van der Waals surface area contributed by atoms with Crippen molar-refractivity contribution in [3.05, 3.63) is 35.4 Å². The summed E-state index contributed by atoms with van der Waals surface area (Å²) >= 11 is 0. The molecule has 0 saturated carbocycles. The zero-order valence-corrected chi connectivity index (χ0v) is 9.66. The van der Waals surface area contributed by atoms with Gasteiger partial charge in [0.25, 0.3) is 0 Å². The Morgan fingerprint density at radius 1 is 1.25 bits per heavy atom. The average molecular weight is 216 g/mol. The van der Waals surface area contributed by atoms with Gasteiger partial charge in [0.15, 0.2) is 11.6 Å². The number of aromatic nitrogens is 1. The fraction of sp³-hybridized carbons (Fsp3) is 0.308. The predicted molar refractivity (Wildman–Crippen MR) is 65.1 cm³/mol. The van der Waals surface area contributed by atoms with E-state index in [4.69, 9.17) is 10.3 Å². The molecule has 0 fully saturated rings. The van der Waals surface area contributed by atoms with Gasteiger partial charge in [-0.25, -0.2) is 0 Å². The molecule has 84 valence electrons. The molecule has 16 heavy (non-hydrogen) atoms. The smallest absolute Gasteiger partial charge is 0.172 e. The van der Waals surface area contributed by atoms with Crippen LogP contribution in [0, 0.1) is 6.92 Å². The third kappa shape index (κ3) is 1.94. The maximum Gasteiger partial charge on any atom is 0.172 e. The first-order chi connectivity index (χ1) is 7.72. The number of hydrogen-bond acceptors (Lipinski definition) is 3. The Morgan fingerprint density at radius 2 is 1.94 bits per heavy atom. The zero-order valence-electron chi connectivity index (χ0n) is 9.66. The van der Waals surface area contributed by atoms with Crippen molar-refractivity contribution < 1.29 is 4.52 Å². The van der Waals surface area contributed by atoms with E-state index in [2.05, 4.69) is 31.1 Å². The van der Waals surface area contributed by atoms with Gasteiger partial charge in [0, 0.05) is 11.1 Å². The summed E-state index contributed by atoms with van der Waals surface area (Å²) in [6, 6.07) is 8.19. The summed E-state index contributed by atoms with van der Waals surface area (Å²) in [5, 5.41) is 3.84. The van der Waals surface area contributed by atoms with Crippen molar-refractivity contribution in [2.45, 2.75) is 26.7 Å². The van der Waals surface area contributed by atoms with E-state index in [1.165, 1.54) is 5.56 Å². The molecule has 3 heteroatoms. The molecule has 0 aliphatic carbocycles. The van der Waals surface area contributed by atoms with Crippen LogP contribution in [-0.2, 0) is 6.42 Å². The van der Waals surface area contributed by atoms with Crippen LogP contribution in [0.3, 0.4) is 0 Å². The van der Waals surface area contributed by atoms with Crippen LogP contribution in [0.2, 0.25) is 0 Å². The molecule has 1 aromatic carbocycles. The van der Waals surface area contributed by atoms with E-state index in [-0.39, 0.29) is 0 Å². The fourth-order valence-corrected chi connectivity index (χ4v) is 1.74. The number of nitrogen functional groups attached to an aromatic ring is 1. The van der Waals surface area contributed by atoms with Crippen LogP contribution < -0.4 is 5.73 Å². The van der Waals surface area contributed by atoms with E-state index in [1.54, 1.807) is 0 Å². The Labute approximate surface area is 95.3 Å². The highest BCUT2D eigenvalue weighted by atomic mass is 16.5. The number of benzene rings is 1. The van der Waals surface area contributed by atoms with Crippen molar-refractivity contribution in [2.75, 3.05) is 5.73 Å². The van der Waals surface area contributed by atoms with Crippen molar-refractivity contribution in [1.29, 1.82) is 0 Å². The molecule has 2 aromatic rings. The van der Waals surface area contributed by atoms with Gasteiger partial charge in [-0.3, -0.25) is 0 Å². The van der Waals surface area contributed by atoms with Gasteiger partial charge in [0.05, 0.1) is 0 Å². The fourth-order valence-electron chi connectivity index (χ4n) is 1.74. The largest absolute Gasteiger partial charge is 0.381 e. The maximum atomic E-state index is 5.79. The lowest BCUT2D eigenvalue weighted by atomic mass is 10.0. The van der Waals surface area contributed by atoms with E-state index in [0.717, 1.165) is 29.7 Å². The lowest BCUT2D eigenvalue weighted by molar-refractivity contribution is 0.435. The summed E-state index contributed by atoms with van der Waals surface area (Å²) in [5.74, 6) is 1.32. The topological polar surface area (TPSA) is 52.0 Å². The van der Waals surface area contributed by atoms with Crippen molar-refractivity contribution in [3.63, 3.8) is 0 Å². The number of nitrogens with two attached hydrogens (primary N) is 1. The zero-order chi connectivity index (χ0) is 11.5. The van der Waals surface area contributed by atoms with Gasteiger partial charge in [0.1, 0.15) is 0 Å². The van der Waals surface area contributed by atoms with Crippen LogP contribution in [0.15, 0.2) is 28.8 Å². The highest BCUT2D eigenvalue weighted by Crippen LogP contribution is 2.28. The summed E-state index contributed by atoms with van der Waals surface area (Å²) in [4.78, 5) is 0. The monoisotopic (exact) mass is 216 g/mol. The molecule has 1 heterocycles. The van der Waals surface area contributed by atoms with Gasteiger partial charge < -0.3 is 10.3 Å². The highest BCUT2D eigenvalue weighted by Gasteiger charge is 2.14. The molecule has 0 aliphatic rings. The first-order valence-corrected chi connectivity index (χ1v) is 5.53. The number of nitrogens with zero attached hydrogens (tertiary/aromatic N) is 1. The quantitative estimate of drug-likeness (QED) is 0.857. The van der Waals surface area contributed by atoms with Crippen LogP contribution >= 0.6 is 0 Å². The first-order valence-electron chi connectivity index (χ1n) is 5.53. The number of hydrogen-bond donors (Lipinski definition) is 1. The van der Waals surface area contributed by atoms with Crippen molar-refractivity contribution >= 4 is 5.82 Å². The second-order valence-corrected chi connectivity index (χ2v) is 3.99. The minimum atomic E-state index is 0.512. The van der Waals surface area contributed by atoms with Crippen LogP contribution in [0.25, 0.3) is 11.3 Å². The Balaban J connectivity index is 2.43. The number of anilines is 1. The highest BCUT2D eigenvalue weighted by molar-refractivity contribution is 5.66. The Kier molecular flexibility index (Phi) is 2.95. The molecule has 2 N–H and O–H groups in total. The third-order valence-corrected chi connectivity index (χ3v) is 2.63. The minimum Gasteiger partial charge on any atom is -0.381 e. The lowest BCUT2D eigenvalue weighted by Crippen LogP contribution is -1.92. The van der Waals surface area contributed by atoms with E-state index >= 15 is 0 Å². The summed E-state index contributed by atoms with van der Waals surface area (Å²) in [7, 11) is 0. The SMILES string of the molecule is CCCc1c(N)noc1-c1ccc(C)cc1.